The Morgan fingerprint density at radius 2 is 1.80 bits per heavy atom. The maximum Gasteiger partial charge on any atom is 0.250 e. The second kappa shape index (κ2) is 6.82. The van der Waals surface area contributed by atoms with Gasteiger partial charge < -0.3 is 5.73 Å². The van der Waals surface area contributed by atoms with Crippen LogP contribution < -0.4 is 10.5 Å². The maximum absolute atomic E-state index is 12.2. The monoisotopic (exact) mass is 330 g/mol. The first-order valence-electron chi connectivity index (χ1n) is 6.41. The molecule has 0 unspecified atom stereocenters. The van der Waals surface area contributed by atoms with Gasteiger partial charge in [0.1, 0.15) is 4.21 Å². The number of nitrogens with two attached hydrogens (primary N) is 1. The third-order valence-electron chi connectivity index (χ3n) is 2.79. The highest BCUT2D eigenvalue weighted by atomic mass is 32.2. The van der Waals surface area contributed by atoms with E-state index in [-0.39, 0.29) is 0 Å². The van der Waals surface area contributed by atoms with Crippen LogP contribution in [0.3, 0.4) is 0 Å². The molecule has 0 aliphatic carbocycles. The summed E-state index contributed by atoms with van der Waals surface area (Å²) in [6.07, 6.45) is 1.69. The third kappa shape index (κ3) is 3.89. The smallest absolute Gasteiger partial charge is 0.250 e. The third-order valence-corrected chi connectivity index (χ3v) is 7.06. The molecule has 4 nitrogen and oxygen atoms in total. The van der Waals surface area contributed by atoms with Crippen molar-refractivity contribution in [3.63, 3.8) is 0 Å². The molecule has 0 aliphatic rings. The zero-order valence-electron chi connectivity index (χ0n) is 11.3. The van der Waals surface area contributed by atoms with Crippen molar-refractivity contribution < 1.29 is 8.42 Å². The van der Waals surface area contributed by atoms with E-state index in [2.05, 4.69) is 11.6 Å². The summed E-state index contributed by atoms with van der Waals surface area (Å²) in [5, 5.41) is 0. The molecule has 0 aliphatic heterocycles. The van der Waals surface area contributed by atoms with Crippen LogP contribution in [0.1, 0.15) is 21.6 Å². The molecule has 110 valence electrons. The van der Waals surface area contributed by atoms with Crippen molar-refractivity contribution in [2.45, 2.75) is 30.5 Å². The van der Waals surface area contributed by atoms with Gasteiger partial charge in [0.05, 0.1) is 0 Å². The lowest BCUT2D eigenvalue weighted by Crippen LogP contribution is -2.21. The van der Waals surface area contributed by atoms with Crippen LogP contribution in [0.25, 0.3) is 0 Å². The highest BCUT2D eigenvalue weighted by molar-refractivity contribution is 7.91. The van der Waals surface area contributed by atoms with Crippen molar-refractivity contribution in [3.05, 3.63) is 38.9 Å². The number of nitrogens with one attached hydrogen (secondary N) is 1. The molecule has 0 radical (unpaired) electrons. The molecular formula is C13H18N2O2S3. The molecular weight excluding hydrogens is 312 g/mol. The lowest BCUT2D eigenvalue weighted by Gasteiger charge is -2.02. The van der Waals surface area contributed by atoms with Gasteiger partial charge in [-0.05, 0) is 43.7 Å². The Kier molecular flexibility index (Phi) is 5.34. The Bertz CT molecular complexity index is 659. The van der Waals surface area contributed by atoms with Gasteiger partial charge in [0.25, 0.3) is 0 Å². The van der Waals surface area contributed by atoms with E-state index in [1.54, 1.807) is 17.4 Å². The van der Waals surface area contributed by atoms with Gasteiger partial charge in [-0.15, -0.1) is 22.7 Å². The minimum atomic E-state index is -3.42. The van der Waals surface area contributed by atoms with Gasteiger partial charge in [0.15, 0.2) is 0 Å². The summed E-state index contributed by atoms with van der Waals surface area (Å²) in [5.41, 5.74) is 5.47. The molecule has 2 aromatic heterocycles. The number of thiophene rings is 2. The van der Waals surface area contributed by atoms with Crippen LogP contribution in [-0.4, -0.2) is 15.0 Å². The van der Waals surface area contributed by atoms with Crippen LogP contribution in [0.5, 0.6) is 0 Å². The summed E-state index contributed by atoms with van der Waals surface area (Å²) in [5.74, 6) is 0. The summed E-state index contributed by atoms with van der Waals surface area (Å²) in [6.45, 7) is 2.96. The van der Waals surface area contributed by atoms with Crippen molar-refractivity contribution in [1.82, 2.24) is 4.72 Å². The minimum absolute atomic E-state index is 0.344. The summed E-state index contributed by atoms with van der Waals surface area (Å²) < 4.78 is 27.3. The number of sulfonamides is 1. The Morgan fingerprint density at radius 3 is 2.45 bits per heavy atom. The second-order valence-electron chi connectivity index (χ2n) is 4.31. The van der Waals surface area contributed by atoms with E-state index in [1.807, 2.05) is 18.2 Å². The van der Waals surface area contributed by atoms with Gasteiger partial charge in [-0.2, -0.15) is 0 Å². The van der Waals surface area contributed by atoms with Crippen LogP contribution in [0.15, 0.2) is 28.5 Å². The average molecular weight is 330 g/mol. The van der Waals surface area contributed by atoms with Crippen LogP contribution in [-0.2, 0) is 29.4 Å². The SMILES string of the molecule is CCc1ccc(CNS(=O)(=O)c2ccc(CCN)s2)s1. The fourth-order valence-corrected chi connectivity index (χ4v) is 5.14. The molecule has 20 heavy (non-hydrogen) atoms. The standard InChI is InChI=1S/C13H18N2O2S3/c1-2-10-3-4-12(18-10)9-15-20(16,17)13-6-5-11(19-13)7-8-14/h3-6,15H,2,7-9,14H2,1H3. The largest absolute Gasteiger partial charge is 0.330 e. The van der Waals surface area contributed by atoms with E-state index < -0.39 is 10.0 Å². The molecule has 2 rings (SSSR count). The molecule has 0 saturated heterocycles. The molecule has 0 aromatic carbocycles. The van der Waals surface area contributed by atoms with Crippen LogP contribution in [0.4, 0.5) is 0 Å². The van der Waals surface area contributed by atoms with Crippen LogP contribution in [0, 0.1) is 0 Å². The molecule has 0 amide bonds. The summed E-state index contributed by atoms with van der Waals surface area (Å²) >= 11 is 2.92. The second-order valence-corrected chi connectivity index (χ2v) is 8.72. The molecule has 0 bridgehead atoms. The van der Waals surface area contributed by atoms with Crippen molar-refractivity contribution in [2.24, 2.45) is 5.73 Å². The molecule has 7 heteroatoms. The fourth-order valence-electron chi connectivity index (χ4n) is 1.72. The quantitative estimate of drug-likeness (QED) is 0.818. The molecule has 2 heterocycles. The predicted molar refractivity (Wildman–Crippen MR) is 84.8 cm³/mol. The van der Waals surface area contributed by atoms with E-state index in [9.17, 15) is 8.42 Å². The molecule has 0 fully saturated rings. The molecule has 0 spiro atoms. The number of hydrogen-bond acceptors (Lipinski definition) is 5. The van der Waals surface area contributed by atoms with Gasteiger partial charge in [0.2, 0.25) is 10.0 Å². The maximum atomic E-state index is 12.2. The molecule has 2 aromatic rings. The van der Waals surface area contributed by atoms with E-state index >= 15 is 0 Å². The van der Waals surface area contributed by atoms with Crippen molar-refractivity contribution in [3.8, 4) is 0 Å². The predicted octanol–water partition coefficient (Wildman–Crippen LogP) is 2.35. The van der Waals surface area contributed by atoms with E-state index in [4.69, 9.17) is 5.73 Å². The van der Waals surface area contributed by atoms with E-state index in [0.717, 1.165) is 16.2 Å². The fraction of sp³-hybridized carbons (Fsp3) is 0.385. The lowest BCUT2D eigenvalue weighted by molar-refractivity contribution is 0.584. The van der Waals surface area contributed by atoms with Gasteiger partial charge in [0, 0.05) is 21.2 Å². The van der Waals surface area contributed by atoms with Gasteiger partial charge in [-0.3, -0.25) is 0 Å². The topological polar surface area (TPSA) is 72.2 Å². The Morgan fingerprint density at radius 1 is 1.10 bits per heavy atom. The van der Waals surface area contributed by atoms with Crippen molar-refractivity contribution in [1.29, 1.82) is 0 Å². The minimum Gasteiger partial charge on any atom is -0.330 e. The van der Waals surface area contributed by atoms with E-state index in [1.165, 1.54) is 16.2 Å². The lowest BCUT2D eigenvalue weighted by atomic mass is 10.3. The number of rotatable bonds is 7. The van der Waals surface area contributed by atoms with E-state index in [0.29, 0.717) is 23.7 Å². The van der Waals surface area contributed by atoms with Crippen LogP contribution >= 0.6 is 22.7 Å². The normalized spacial score (nSPS) is 11.9. The molecule has 0 atom stereocenters. The summed E-state index contributed by atoms with van der Waals surface area (Å²) in [6, 6.07) is 7.48. The zero-order valence-corrected chi connectivity index (χ0v) is 13.7. The summed E-state index contributed by atoms with van der Waals surface area (Å²) in [4.78, 5) is 3.29. The highest BCUT2D eigenvalue weighted by Gasteiger charge is 2.16. The Hall–Kier alpha value is -0.730. The first-order valence-corrected chi connectivity index (χ1v) is 9.53. The van der Waals surface area contributed by atoms with Gasteiger partial charge in [-0.1, -0.05) is 6.92 Å². The van der Waals surface area contributed by atoms with Gasteiger partial charge in [-0.25, -0.2) is 13.1 Å². The number of hydrogen-bond donors (Lipinski definition) is 2. The molecule has 3 N–H and O–H groups in total. The van der Waals surface area contributed by atoms with Crippen molar-refractivity contribution >= 4 is 32.7 Å². The first kappa shape index (κ1) is 15.7. The molecule has 0 saturated carbocycles. The Balaban J connectivity index is 2.02. The zero-order chi connectivity index (χ0) is 14.6. The number of aryl methyl sites for hydroxylation is 1. The average Bonchev–Trinajstić information content (AvgIpc) is 3.06. The van der Waals surface area contributed by atoms with Crippen molar-refractivity contribution in [2.75, 3.05) is 6.54 Å². The Labute approximate surface area is 127 Å². The van der Waals surface area contributed by atoms with Crippen LogP contribution in [0.2, 0.25) is 0 Å². The van der Waals surface area contributed by atoms with Gasteiger partial charge >= 0.3 is 0 Å². The summed E-state index contributed by atoms with van der Waals surface area (Å²) in [7, 11) is -3.42. The highest BCUT2D eigenvalue weighted by Crippen LogP contribution is 2.23. The first-order chi connectivity index (χ1) is 9.55.